The van der Waals surface area contributed by atoms with E-state index in [0.717, 1.165) is 21.7 Å². The second-order valence-electron chi connectivity index (χ2n) is 5.83. The lowest BCUT2D eigenvalue weighted by atomic mass is 10.1. The number of hydrogen-bond acceptors (Lipinski definition) is 6. The highest BCUT2D eigenvalue weighted by molar-refractivity contribution is 8.04. The Hall–Kier alpha value is -2.90. The van der Waals surface area contributed by atoms with Gasteiger partial charge < -0.3 is 4.74 Å². The van der Waals surface area contributed by atoms with Gasteiger partial charge in [0, 0.05) is 15.5 Å². The monoisotopic (exact) mass is 410 g/mol. The van der Waals surface area contributed by atoms with E-state index < -0.39 is 5.97 Å². The predicted molar refractivity (Wildman–Crippen MR) is 110 cm³/mol. The Morgan fingerprint density at radius 1 is 1.18 bits per heavy atom. The Bertz CT molecular complexity index is 1080. The number of carbonyl (C=O) groups is 1. The second-order valence-corrected chi connectivity index (χ2v) is 7.30. The molecule has 28 heavy (non-hydrogen) atoms. The predicted octanol–water partition coefficient (Wildman–Crippen LogP) is 4.51. The molecule has 0 N–H and O–H groups in total. The van der Waals surface area contributed by atoms with E-state index in [1.54, 1.807) is 6.92 Å². The van der Waals surface area contributed by atoms with Gasteiger partial charge in [-0.2, -0.15) is 0 Å². The third kappa shape index (κ3) is 3.72. The van der Waals surface area contributed by atoms with Gasteiger partial charge in [-0.25, -0.2) is 4.79 Å². The van der Waals surface area contributed by atoms with Crippen LogP contribution in [0.2, 0.25) is 5.02 Å². The van der Waals surface area contributed by atoms with E-state index in [2.05, 4.69) is 15.4 Å². The zero-order valence-electron chi connectivity index (χ0n) is 14.9. The Kier molecular flexibility index (Phi) is 5.27. The van der Waals surface area contributed by atoms with Crippen molar-refractivity contribution >= 4 is 41.1 Å². The number of aromatic nitrogens is 3. The Labute approximate surface area is 170 Å². The number of fused-ring (bicyclic) bond motifs is 1. The van der Waals surface area contributed by atoms with Gasteiger partial charge in [0.15, 0.2) is 5.03 Å². The smallest absolute Gasteiger partial charge is 0.361 e. The standard InChI is InChI=1S/C20H15ClN4O2S/c1-2-27-20(26)18-19-25(24-22-18)23-17(14-8-10-15(21)11-9-14)16(28-19)12-13-6-4-3-5-7-13/h3-12H,2H2,1H3/b16-12-. The van der Waals surface area contributed by atoms with Crippen LogP contribution in [0, 0.1) is 0 Å². The third-order valence-corrected chi connectivity index (χ3v) is 5.27. The molecule has 140 valence electrons. The van der Waals surface area contributed by atoms with Gasteiger partial charge in [-0.05, 0) is 35.9 Å². The van der Waals surface area contributed by atoms with Crippen molar-refractivity contribution in [1.82, 2.24) is 15.1 Å². The van der Waals surface area contributed by atoms with Gasteiger partial charge in [0.25, 0.3) is 0 Å². The molecule has 0 saturated carbocycles. The van der Waals surface area contributed by atoms with Gasteiger partial charge >= 0.3 is 5.97 Å². The number of halogens is 1. The highest BCUT2D eigenvalue weighted by atomic mass is 35.5. The molecular weight excluding hydrogens is 396 g/mol. The summed E-state index contributed by atoms with van der Waals surface area (Å²) in [7, 11) is 0. The van der Waals surface area contributed by atoms with Crippen LogP contribution in [0.5, 0.6) is 0 Å². The molecule has 0 fully saturated rings. The van der Waals surface area contributed by atoms with Crippen molar-refractivity contribution in [2.45, 2.75) is 11.9 Å². The molecule has 0 atom stereocenters. The molecule has 3 aromatic rings. The lowest BCUT2D eigenvalue weighted by Crippen LogP contribution is -2.14. The molecule has 2 aromatic carbocycles. The zero-order chi connectivity index (χ0) is 19.5. The topological polar surface area (TPSA) is 69.4 Å². The van der Waals surface area contributed by atoms with Crippen LogP contribution in [-0.4, -0.2) is 33.4 Å². The fourth-order valence-corrected chi connectivity index (χ4v) is 3.81. The van der Waals surface area contributed by atoms with Crippen LogP contribution in [0.3, 0.4) is 0 Å². The van der Waals surface area contributed by atoms with Crippen LogP contribution in [0.25, 0.3) is 6.08 Å². The summed E-state index contributed by atoms with van der Waals surface area (Å²) < 4.78 is 5.08. The lowest BCUT2D eigenvalue weighted by Gasteiger charge is -2.16. The minimum Gasteiger partial charge on any atom is -0.461 e. The summed E-state index contributed by atoms with van der Waals surface area (Å²) in [5, 5.41) is 13.7. The number of benzene rings is 2. The molecule has 8 heteroatoms. The van der Waals surface area contributed by atoms with E-state index in [1.165, 1.54) is 16.6 Å². The molecule has 0 spiro atoms. The molecule has 0 saturated heterocycles. The number of ether oxygens (including phenoxy) is 1. The normalized spacial score (nSPS) is 14.5. The second kappa shape index (κ2) is 8.00. The van der Waals surface area contributed by atoms with Crippen LogP contribution < -0.4 is 0 Å². The van der Waals surface area contributed by atoms with Crippen LogP contribution >= 0.6 is 23.4 Å². The van der Waals surface area contributed by atoms with Gasteiger partial charge in [0.05, 0.1) is 6.61 Å². The van der Waals surface area contributed by atoms with Crippen molar-refractivity contribution < 1.29 is 9.53 Å². The molecule has 0 bridgehead atoms. The van der Waals surface area contributed by atoms with E-state index in [4.69, 9.17) is 16.3 Å². The molecule has 6 nitrogen and oxygen atoms in total. The number of esters is 1. The molecule has 0 amide bonds. The fourth-order valence-electron chi connectivity index (χ4n) is 2.65. The maximum absolute atomic E-state index is 12.2. The van der Waals surface area contributed by atoms with Crippen LogP contribution in [0.4, 0.5) is 0 Å². The van der Waals surface area contributed by atoms with Gasteiger partial charge in [0.1, 0.15) is 5.71 Å². The Morgan fingerprint density at radius 2 is 1.93 bits per heavy atom. The van der Waals surface area contributed by atoms with Crippen molar-refractivity contribution in [1.29, 1.82) is 0 Å². The summed E-state index contributed by atoms with van der Waals surface area (Å²) in [6.45, 7) is 2.01. The first-order chi connectivity index (χ1) is 13.7. The molecule has 1 aliphatic rings. The number of thioether (sulfide) groups is 1. The number of hydrogen-bond donors (Lipinski definition) is 0. The SMILES string of the molecule is CCOC(=O)c1nnn2c1S/C(=C\c1ccccc1)C(c1ccc(Cl)cc1)=N2. The number of rotatable bonds is 4. The van der Waals surface area contributed by atoms with Gasteiger partial charge in [-0.15, -0.1) is 15.0 Å². The molecule has 0 aliphatic carbocycles. The maximum Gasteiger partial charge on any atom is 0.361 e. The van der Waals surface area contributed by atoms with Crippen LogP contribution in [0.1, 0.15) is 28.5 Å². The third-order valence-electron chi connectivity index (χ3n) is 3.93. The zero-order valence-corrected chi connectivity index (χ0v) is 16.4. The molecule has 4 rings (SSSR count). The number of carbonyl (C=O) groups excluding carboxylic acids is 1. The summed E-state index contributed by atoms with van der Waals surface area (Å²) in [5.74, 6) is -0.513. The summed E-state index contributed by atoms with van der Waals surface area (Å²) in [6, 6.07) is 17.3. The van der Waals surface area contributed by atoms with E-state index in [-0.39, 0.29) is 12.3 Å². The summed E-state index contributed by atoms with van der Waals surface area (Å²) in [6.07, 6.45) is 2.02. The number of allylic oxidation sites excluding steroid dienone is 1. The first kappa shape index (κ1) is 18.5. The molecule has 2 heterocycles. The molecule has 1 aromatic heterocycles. The van der Waals surface area contributed by atoms with Crippen LogP contribution in [0.15, 0.2) is 69.6 Å². The first-order valence-electron chi connectivity index (χ1n) is 8.58. The van der Waals surface area contributed by atoms with E-state index in [9.17, 15) is 4.79 Å². The van der Waals surface area contributed by atoms with Gasteiger partial charge in [0.2, 0.25) is 5.69 Å². The van der Waals surface area contributed by atoms with Gasteiger partial charge in [-0.3, -0.25) is 0 Å². The summed E-state index contributed by atoms with van der Waals surface area (Å²) in [4.78, 5) is 14.4. The van der Waals surface area contributed by atoms with E-state index in [0.29, 0.717) is 10.0 Å². The van der Waals surface area contributed by atoms with E-state index >= 15 is 0 Å². The Morgan fingerprint density at radius 3 is 2.64 bits per heavy atom. The molecule has 1 aliphatic heterocycles. The molecule has 0 unspecified atom stereocenters. The van der Waals surface area contributed by atoms with Crippen molar-refractivity contribution in [3.8, 4) is 0 Å². The minimum atomic E-state index is -0.513. The maximum atomic E-state index is 12.2. The summed E-state index contributed by atoms with van der Waals surface area (Å²) >= 11 is 7.41. The molecule has 0 radical (unpaired) electrons. The Balaban J connectivity index is 1.83. The van der Waals surface area contributed by atoms with Crippen molar-refractivity contribution in [3.05, 3.63) is 81.3 Å². The van der Waals surface area contributed by atoms with Crippen molar-refractivity contribution in [2.75, 3.05) is 6.61 Å². The highest BCUT2D eigenvalue weighted by Crippen LogP contribution is 2.37. The fraction of sp³-hybridized carbons (Fsp3) is 0.100. The van der Waals surface area contributed by atoms with Crippen molar-refractivity contribution in [3.63, 3.8) is 0 Å². The molecular formula is C20H15ClN4O2S. The quantitative estimate of drug-likeness (QED) is 0.592. The lowest BCUT2D eigenvalue weighted by molar-refractivity contribution is 0.0515. The van der Waals surface area contributed by atoms with Crippen LogP contribution in [-0.2, 0) is 4.74 Å². The first-order valence-corrected chi connectivity index (χ1v) is 9.78. The largest absolute Gasteiger partial charge is 0.461 e. The highest BCUT2D eigenvalue weighted by Gasteiger charge is 2.28. The average Bonchev–Trinajstić information content (AvgIpc) is 3.12. The van der Waals surface area contributed by atoms with E-state index in [1.807, 2.05) is 60.7 Å². The minimum absolute atomic E-state index is 0.157. The average molecular weight is 411 g/mol. The van der Waals surface area contributed by atoms with Crippen molar-refractivity contribution in [2.24, 2.45) is 5.10 Å². The number of nitrogens with zero attached hydrogens (tertiary/aromatic N) is 4. The van der Waals surface area contributed by atoms with Gasteiger partial charge in [-0.1, -0.05) is 65.8 Å². The summed E-state index contributed by atoms with van der Waals surface area (Å²) in [5.41, 5.74) is 2.78.